The van der Waals surface area contributed by atoms with Gasteiger partial charge in [-0.15, -0.1) is 0 Å². The molecule has 1 N–H and O–H groups in total. The molecule has 0 saturated carbocycles. The van der Waals surface area contributed by atoms with Gasteiger partial charge in [-0.2, -0.15) is 0 Å². The zero-order chi connectivity index (χ0) is 15.4. The van der Waals surface area contributed by atoms with Gasteiger partial charge >= 0.3 is 0 Å². The number of carbonyl (C=O) groups is 1. The third kappa shape index (κ3) is 3.62. The molecule has 1 heterocycles. The minimum Gasteiger partial charge on any atom is -0.384 e. The number of hydrogen-bond acceptors (Lipinski definition) is 2. The number of rotatable bonds is 1. The number of aliphatic hydroxyl groups excluding tert-OH is 1. The van der Waals surface area contributed by atoms with Crippen LogP contribution < -0.4 is 0 Å². The average Bonchev–Trinajstić information content (AvgIpc) is 2.48. The Morgan fingerprint density at radius 1 is 1.43 bits per heavy atom. The first-order chi connectivity index (χ1) is 10.0. The second-order valence-corrected chi connectivity index (χ2v) is 5.65. The van der Waals surface area contributed by atoms with Gasteiger partial charge in [-0.25, -0.2) is 4.39 Å². The van der Waals surface area contributed by atoms with Crippen molar-refractivity contribution in [1.29, 1.82) is 0 Å². The third-order valence-electron chi connectivity index (χ3n) is 4.14. The molecule has 0 aliphatic carbocycles. The Morgan fingerprint density at radius 2 is 2.19 bits per heavy atom. The smallest absolute Gasteiger partial charge is 0.253 e. The highest BCUT2D eigenvalue weighted by atomic mass is 19.1. The van der Waals surface area contributed by atoms with E-state index < -0.39 is 5.82 Å². The van der Waals surface area contributed by atoms with Crippen LogP contribution >= 0.6 is 0 Å². The van der Waals surface area contributed by atoms with Crippen molar-refractivity contribution in [2.45, 2.75) is 20.3 Å². The molecule has 0 bridgehead atoms. The second-order valence-electron chi connectivity index (χ2n) is 5.65. The van der Waals surface area contributed by atoms with E-state index in [9.17, 15) is 9.18 Å². The maximum atomic E-state index is 13.9. The van der Waals surface area contributed by atoms with Gasteiger partial charge in [-0.3, -0.25) is 4.79 Å². The number of hydrogen-bond donors (Lipinski definition) is 1. The first-order valence-electron chi connectivity index (χ1n) is 7.21. The van der Waals surface area contributed by atoms with Crippen LogP contribution in [0.1, 0.15) is 36.2 Å². The summed E-state index contributed by atoms with van der Waals surface area (Å²) in [6.45, 7) is 5.45. The van der Waals surface area contributed by atoms with Crippen molar-refractivity contribution in [2.24, 2.45) is 11.8 Å². The van der Waals surface area contributed by atoms with Crippen LogP contribution in [0.5, 0.6) is 0 Å². The van der Waals surface area contributed by atoms with Gasteiger partial charge in [0.05, 0.1) is 5.56 Å². The lowest BCUT2D eigenvalue weighted by molar-refractivity contribution is 0.0627. The summed E-state index contributed by atoms with van der Waals surface area (Å²) in [7, 11) is 0. The summed E-state index contributed by atoms with van der Waals surface area (Å²) in [6, 6.07) is 4.31. The monoisotopic (exact) mass is 289 g/mol. The molecule has 2 rings (SSSR count). The van der Waals surface area contributed by atoms with Crippen molar-refractivity contribution in [3.8, 4) is 11.8 Å². The van der Waals surface area contributed by atoms with Crippen molar-refractivity contribution in [1.82, 2.24) is 4.90 Å². The largest absolute Gasteiger partial charge is 0.384 e. The molecule has 1 amide bonds. The summed E-state index contributed by atoms with van der Waals surface area (Å²) in [4.78, 5) is 14.2. The molecule has 2 atom stereocenters. The Hall–Kier alpha value is -1.86. The summed E-state index contributed by atoms with van der Waals surface area (Å²) >= 11 is 0. The van der Waals surface area contributed by atoms with Crippen molar-refractivity contribution in [2.75, 3.05) is 19.7 Å². The van der Waals surface area contributed by atoms with Crippen LogP contribution in [0, 0.1) is 29.5 Å². The van der Waals surface area contributed by atoms with Gasteiger partial charge in [-0.1, -0.05) is 25.7 Å². The zero-order valence-electron chi connectivity index (χ0n) is 12.4. The average molecular weight is 289 g/mol. The fraction of sp³-hybridized carbons (Fsp3) is 0.471. The van der Waals surface area contributed by atoms with Gasteiger partial charge in [-0.05, 0) is 36.5 Å². The quantitative estimate of drug-likeness (QED) is 0.806. The molecule has 3 nitrogen and oxygen atoms in total. The Bertz CT molecular complexity index is 588. The number of carbonyl (C=O) groups excluding carboxylic acids is 1. The molecule has 1 aromatic carbocycles. The highest BCUT2D eigenvalue weighted by Crippen LogP contribution is 2.24. The SMILES string of the molecule is CC1CCN(C(=O)c2ccc(C#CCO)c(F)c2)CC1C. The Labute approximate surface area is 124 Å². The molecule has 1 fully saturated rings. The van der Waals surface area contributed by atoms with Crippen LogP contribution in [0.15, 0.2) is 18.2 Å². The summed E-state index contributed by atoms with van der Waals surface area (Å²) in [5, 5.41) is 8.62. The number of amides is 1. The Kier molecular flexibility index (Phi) is 4.98. The first kappa shape index (κ1) is 15.5. The third-order valence-corrected chi connectivity index (χ3v) is 4.14. The molecule has 1 aromatic rings. The molecule has 21 heavy (non-hydrogen) atoms. The standard InChI is InChI=1S/C17H20FNO2/c1-12-7-8-19(11-13(12)2)17(21)15-6-5-14(4-3-9-20)16(18)10-15/h5-6,10,12-13,20H,7-9,11H2,1-2H3. The van der Waals surface area contributed by atoms with E-state index in [1.54, 1.807) is 11.0 Å². The molecule has 4 heteroatoms. The number of likely N-dealkylation sites (tertiary alicyclic amines) is 1. The predicted molar refractivity (Wildman–Crippen MR) is 79.2 cm³/mol. The number of aliphatic hydroxyl groups is 1. The fourth-order valence-electron chi connectivity index (χ4n) is 2.51. The maximum absolute atomic E-state index is 13.9. The van der Waals surface area contributed by atoms with Gasteiger partial charge in [0.15, 0.2) is 0 Å². The van der Waals surface area contributed by atoms with Crippen molar-refractivity contribution >= 4 is 5.91 Å². The van der Waals surface area contributed by atoms with Crippen LogP contribution in [-0.4, -0.2) is 35.6 Å². The Balaban J connectivity index is 2.15. The van der Waals surface area contributed by atoms with E-state index in [4.69, 9.17) is 5.11 Å². The summed E-state index contributed by atoms with van der Waals surface area (Å²) in [6.07, 6.45) is 0.982. The number of benzene rings is 1. The number of halogens is 1. The van der Waals surface area contributed by atoms with E-state index in [1.165, 1.54) is 12.1 Å². The minimum atomic E-state index is -0.528. The van der Waals surface area contributed by atoms with E-state index in [2.05, 4.69) is 25.7 Å². The van der Waals surface area contributed by atoms with Crippen molar-refractivity contribution in [3.63, 3.8) is 0 Å². The first-order valence-corrected chi connectivity index (χ1v) is 7.21. The molecule has 1 aliphatic heterocycles. The lowest BCUT2D eigenvalue weighted by atomic mass is 9.88. The second kappa shape index (κ2) is 6.73. The molecule has 0 aromatic heterocycles. The zero-order valence-corrected chi connectivity index (χ0v) is 12.4. The molecule has 1 aliphatic rings. The minimum absolute atomic E-state index is 0.130. The van der Waals surface area contributed by atoms with Crippen LogP contribution in [0.2, 0.25) is 0 Å². The van der Waals surface area contributed by atoms with E-state index in [0.29, 0.717) is 23.9 Å². The van der Waals surface area contributed by atoms with E-state index in [1.807, 2.05) is 0 Å². The van der Waals surface area contributed by atoms with E-state index in [-0.39, 0.29) is 18.1 Å². The van der Waals surface area contributed by atoms with Crippen LogP contribution in [0.3, 0.4) is 0 Å². The van der Waals surface area contributed by atoms with E-state index in [0.717, 1.165) is 13.0 Å². The predicted octanol–water partition coefficient (Wildman–Crippen LogP) is 2.29. The lowest BCUT2D eigenvalue weighted by Gasteiger charge is -2.35. The molecular formula is C17H20FNO2. The van der Waals surface area contributed by atoms with Crippen molar-refractivity contribution in [3.05, 3.63) is 35.1 Å². The topological polar surface area (TPSA) is 40.5 Å². The lowest BCUT2D eigenvalue weighted by Crippen LogP contribution is -2.42. The van der Waals surface area contributed by atoms with Gasteiger partial charge in [0.2, 0.25) is 0 Å². The van der Waals surface area contributed by atoms with Crippen LogP contribution in [0.4, 0.5) is 4.39 Å². The van der Waals surface area contributed by atoms with Gasteiger partial charge in [0.1, 0.15) is 12.4 Å². The molecule has 112 valence electrons. The fourth-order valence-corrected chi connectivity index (χ4v) is 2.51. The van der Waals surface area contributed by atoms with Gasteiger partial charge in [0.25, 0.3) is 5.91 Å². The summed E-state index contributed by atoms with van der Waals surface area (Å²) in [5.41, 5.74) is 0.546. The molecule has 0 spiro atoms. The normalized spacial score (nSPS) is 21.6. The van der Waals surface area contributed by atoms with Crippen LogP contribution in [0.25, 0.3) is 0 Å². The van der Waals surface area contributed by atoms with Gasteiger partial charge in [0, 0.05) is 18.7 Å². The van der Waals surface area contributed by atoms with Crippen LogP contribution in [-0.2, 0) is 0 Å². The maximum Gasteiger partial charge on any atom is 0.253 e. The van der Waals surface area contributed by atoms with Gasteiger partial charge < -0.3 is 10.0 Å². The highest BCUT2D eigenvalue weighted by Gasteiger charge is 2.26. The molecule has 0 radical (unpaired) electrons. The number of nitrogens with zero attached hydrogens (tertiary/aromatic N) is 1. The van der Waals surface area contributed by atoms with E-state index >= 15 is 0 Å². The molecular weight excluding hydrogens is 269 g/mol. The Morgan fingerprint density at radius 3 is 2.81 bits per heavy atom. The van der Waals surface area contributed by atoms with Crippen molar-refractivity contribution < 1.29 is 14.3 Å². The highest BCUT2D eigenvalue weighted by molar-refractivity contribution is 5.94. The molecule has 1 saturated heterocycles. The summed E-state index contributed by atoms with van der Waals surface area (Å²) < 4.78 is 13.9. The number of piperidine rings is 1. The molecule has 2 unspecified atom stereocenters. The summed E-state index contributed by atoms with van der Waals surface area (Å²) in [5.74, 6) is 5.34.